The average molecular weight is 359 g/mol. The molecule has 0 aliphatic carbocycles. The summed E-state index contributed by atoms with van der Waals surface area (Å²) in [5.74, 6) is 2.04. The number of guanidine groups is 1. The summed E-state index contributed by atoms with van der Waals surface area (Å²) in [5, 5.41) is 6.72. The molecule has 0 bridgehead atoms. The number of furan rings is 1. The average Bonchev–Trinajstić information content (AvgIpc) is 3.35. The van der Waals surface area contributed by atoms with E-state index in [0.717, 1.165) is 69.4 Å². The number of hydrogen-bond acceptors (Lipinski definition) is 3. The summed E-state index contributed by atoms with van der Waals surface area (Å²) < 4.78 is 23.8. The molecule has 6 heteroatoms. The monoisotopic (exact) mass is 359 g/mol. The highest BCUT2D eigenvalue weighted by Crippen LogP contribution is 2.12. The largest absolute Gasteiger partial charge is 0.469 e. The van der Waals surface area contributed by atoms with Crippen LogP contribution in [0.5, 0.6) is 0 Å². The first kappa shape index (κ1) is 18.5. The van der Waals surface area contributed by atoms with Crippen molar-refractivity contribution in [2.45, 2.75) is 19.3 Å². The lowest BCUT2D eigenvalue weighted by Gasteiger charge is -2.13. The quantitative estimate of drug-likeness (QED) is 0.562. The molecule has 0 spiro atoms. The molecule has 1 aliphatic rings. The summed E-state index contributed by atoms with van der Waals surface area (Å²) in [6.45, 7) is 3.86. The van der Waals surface area contributed by atoms with Gasteiger partial charge in [0.05, 0.1) is 12.9 Å². The van der Waals surface area contributed by atoms with Gasteiger partial charge in [0.25, 0.3) is 0 Å². The van der Waals surface area contributed by atoms with Gasteiger partial charge < -0.3 is 19.8 Å². The van der Waals surface area contributed by atoms with E-state index in [2.05, 4.69) is 10.6 Å². The van der Waals surface area contributed by atoms with Crippen molar-refractivity contribution >= 4 is 5.96 Å². The Kier molecular flexibility index (Phi) is 7.07. The minimum absolute atomic E-state index is 0.206. The Balaban J connectivity index is 1.47. The van der Waals surface area contributed by atoms with Crippen LogP contribution in [-0.4, -0.2) is 38.8 Å². The lowest BCUT2D eigenvalue weighted by atomic mass is 10.1. The number of rotatable bonds is 8. The fraction of sp³-hybridized carbons (Fsp3) is 0.450. The number of benzene rings is 1. The molecule has 140 valence electrons. The predicted molar refractivity (Wildman–Crippen MR) is 99.7 cm³/mol. The van der Waals surface area contributed by atoms with E-state index >= 15 is 0 Å². The number of hydrogen-bond donors (Lipinski definition) is 2. The van der Waals surface area contributed by atoms with Crippen LogP contribution in [0.2, 0.25) is 0 Å². The summed E-state index contributed by atoms with van der Waals surface area (Å²) in [7, 11) is 0. The van der Waals surface area contributed by atoms with E-state index in [9.17, 15) is 4.39 Å². The van der Waals surface area contributed by atoms with E-state index in [4.69, 9.17) is 14.1 Å². The SMILES string of the molecule is Fc1ccc(CCNC(=NCC2CCOC2)NCCc2ccco2)cc1. The van der Waals surface area contributed by atoms with Crippen molar-refractivity contribution in [3.05, 3.63) is 59.8 Å². The molecule has 26 heavy (non-hydrogen) atoms. The molecule has 0 radical (unpaired) electrons. The van der Waals surface area contributed by atoms with Crippen LogP contribution >= 0.6 is 0 Å². The highest BCUT2D eigenvalue weighted by molar-refractivity contribution is 5.79. The fourth-order valence-corrected chi connectivity index (χ4v) is 2.86. The summed E-state index contributed by atoms with van der Waals surface area (Å²) in [5.41, 5.74) is 1.10. The number of aliphatic imine (C=N–C) groups is 1. The maximum atomic E-state index is 13.0. The van der Waals surface area contributed by atoms with Gasteiger partial charge in [-0.15, -0.1) is 0 Å². The van der Waals surface area contributed by atoms with Crippen molar-refractivity contribution in [2.75, 3.05) is 32.8 Å². The third kappa shape index (κ3) is 6.19. The van der Waals surface area contributed by atoms with Gasteiger partial charge in [-0.05, 0) is 42.7 Å². The molecule has 3 rings (SSSR count). The van der Waals surface area contributed by atoms with Crippen molar-refractivity contribution in [1.82, 2.24) is 10.6 Å². The van der Waals surface area contributed by atoms with Gasteiger partial charge in [0.2, 0.25) is 0 Å². The van der Waals surface area contributed by atoms with Crippen LogP contribution in [0.3, 0.4) is 0 Å². The maximum Gasteiger partial charge on any atom is 0.191 e. The molecule has 1 aromatic carbocycles. The molecular weight excluding hydrogens is 333 g/mol. The lowest BCUT2D eigenvalue weighted by Crippen LogP contribution is -2.39. The molecule has 0 amide bonds. The van der Waals surface area contributed by atoms with Gasteiger partial charge in [0.15, 0.2) is 5.96 Å². The van der Waals surface area contributed by atoms with Crippen molar-refractivity contribution in [3.63, 3.8) is 0 Å². The Morgan fingerprint density at radius 2 is 1.92 bits per heavy atom. The fourth-order valence-electron chi connectivity index (χ4n) is 2.86. The normalized spacial score (nSPS) is 17.4. The molecular formula is C20H26FN3O2. The van der Waals surface area contributed by atoms with Crippen molar-refractivity contribution in [1.29, 1.82) is 0 Å². The third-order valence-electron chi connectivity index (χ3n) is 4.39. The summed E-state index contributed by atoms with van der Waals surface area (Å²) in [4.78, 5) is 4.69. The molecule has 0 saturated carbocycles. The van der Waals surface area contributed by atoms with Crippen LogP contribution in [0.25, 0.3) is 0 Å². The van der Waals surface area contributed by atoms with Gasteiger partial charge in [0, 0.05) is 38.6 Å². The van der Waals surface area contributed by atoms with E-state index in [1.807, 2.05) is 24.3 Å². The lowest BCUT2D eigenvalue weighted by molar-refractivity contribution is 0.187. The van der Waals surface area contributed by atoms with Crippen LogP contribution < -0.4 is 10.6 Å². The molecule has 1 atom stereocenters. The molecule has 2 heterocycles. The van der Waals surface area contributed by atoms with Gasteiger partial charge >= 0.3 is 0 Å². The third-order valence-corrected chi connectivity index (χ3v) is 4.39. The minimum atomic E-state index is -0.206. The molecule has 2 N–H and O–H groups in total. The second-order valence-corrected chi connectivity index (χ2v) is 6.48. The van der Waals surface area contributed by atoms with Gasteiger partial charge in [-0.3, -0.25) is 4.99 Å². The number of nitrogens with one attached hydrogen (secondary N) is 2. The van der Waals surface area contributed by atoms with Crippen molar-refractivity contribution in [2.24, 2.45) is 10.9 Å². The molecule has 1 unspecified atom stereocenters. The second kappa shape index (κ2) is 9.97. The first-order chi connectivity index (χ1) is 12.8. The summed E-state index contributed by atoms with van der Waals surface area (Å²) in [6, 6.07) is 10.5. The van der Waals surface area contributed by atoms with Crippen LogP contribution in [0.15, 0.2) is 52.1 Å². The zero-order valence-corrected chi connectivity index (χ0v) is 14.9. The first-order valence-corrected chi connectivity index (χ1v) is 9.16. The highest BCUT2D eigenvalue weighted by atomic mass is 19.1. The van der Waals surface area contributed by atoms with E-state index in [1.165, 1.54) is 12.1 Å². The highest BCUT2D eigenvalue weighted by Gasteiger charge is 2.15. The summed E-state index contributed by atoms with van der Waals surface area (Å²) >= 11 is 0. The Morgan fingerprint density at radius 1 is 1.12 bits per heavy atom. The maximum absolute atomic E-state index is 13.0. The smallest absolute Gasteiger partial charge is 0.191 e. The molecule has 1 aliphatic heterocycles. The Bertz CT molecular complexity index is 665. The topological polar surface area (TPSA) is 58.8 Å². The van der Waals surface area contributed by atoms with E-state index in [-0.39, 0.29) is 5.82 Å². The van der Waals surface area contributed by atoms with E-state index < -0.39 is 0 Å². The Labute approximate surface area is 153 Å². The van der Waals surface area contributed by atoms with E-state index in [0.29, 0.717) is 5.92 Å². The molecule has 5 nitrogen and oxygen atoms in total. The molecule has 2 aromatic rings. The van der Waals surface area contributed by atoms with Gasteiger partial charge in [-0.2, -0.15) is 0 Å². The van der Waals surface area contributed by atoms with Crippen LogP contribution in [-0.2, 0) is 17.6 Å². The van der Waals surface area contributed by atoms with E-state index in [1.54, 1.807) is 6.26 Å². The van der Waals surface area contributed by atoms with Crippen LogP contribution in [0, 0.1) is 11.7 Å². The second-order valence-electron chi connectivity index (χ2n) is 6.48. The zero-order chi connectivity index (χ0) is 18.0. The van der Waals surface area contributed by atoms with Gasteiger partial charge in [-0.25, -0.2) is 4.39 Å². The molecule has 1 aromatic heterocycles. The standard InChI is InChI=1S/C20H26FN3O2/c21-18-5-3-16(4-6-18)7-10-22-20(24-14-17-9-13-25-15-17)23-11-8-19-2-1-12-26-19/h1-6,12,17H,7-11,13-15H2,(H2,22,23,24). The van der Waals surface area contributed by atoms with Crippen LogP contribution in [0.1, 0.15) is 17.7 Å². The molecule has 1 fully saturated rings. The number of ether oxygens (including phenoxy) is 1. The summed E-state index contributed by atoms with van der Waals surface area (Å²) in [6.07, 6.45) is 4.37. The van der Waals surface area contributed by atoms with Gasteiger partial charge in [-0.1, -0.05) is 12.1 Å². The Hall–Kier alpha value is -2.34. The van der Waals surface area contributed by atoms with Crippen molar-refractivity contribution < 1.29 is 13.5 Å². The zero-order valence-electron chi connectivity index (χ0n) is 14.9. The first-order valence-electron chi connectivity index (χ1n) is 9.16. The van der Waals surface area contributed by atoms with Crippen LogP contribution in [0.4, 0.5) is 4.39 Å². The Morgan fingerprint density at radius 3 is 2.62 bits per heavy atom. The van der Waals surface area contributed by atoms with Gasteiger partial charge in [0.1, 0.15) is 11.6 Å². The van der Waals surface area contributed by atoms with Crippen molar-refractivity contribution in [3.8, 4) is 0 Å². The minimum Gasteiger partial charge on any atom is -0.469 e. The number of nitrogens with zero attached hydrogens (tertiary/aromatic N) is 1. The number of halogens is 1. The predicted octanol–water partition coefficient (Wildman–Crippen LogP) is 2.78. The molecule has 1 saturated heterocycles.